The molecule has 0 spiro atoms. The van der Waals surface area contributed by atoms with E-state index >= 15 is 0 Å². The molecule has 0 saturated carbocycles. The molecule has 1 aliphatic rings. The average Bonchev–Trinajstić information content (AvgIpc) is 2.80. The van der Waals surface area contributed by atoms with Crippen LogP contribution in [0.5, 0.6) is 0 Å². The van der Waals surface area contributed by atoms with Crippen LogP contribution in [0.25, 0.3) is 0 Å². The van der Waals surface area contributed by atoms with Gasteiger partial charge in [0, 0.05) is 30.0 Å². The van der Waals surface area contributed by atoms with Gasteiger partial charge >= 0.3 is 0 Å². The summed E-state index contributed by atoms with van der Waals surface area (Å²) in [4.78, 5) is 11.2. The van der Waals surface area contributed by atoms with Crippen LogP contribution in [0, 0.1) is 26.2 Å². The maximum absolute atomic E-state index is 4.71. The Kier molecular flexibility index (Phi) is 5.17. The number of nitrogens with zero attached hydrogens (tertiary/aromatic N) is 3. The van der Waals surface area contributed by atoms with Gasteiger partial charge in [0.15, 0.2) is 0 Å². The van der Waals surface area contributed by atoms with Crippen molar-refractivity contribution in [2.75, 3.05) is 17.3 Å². The van der Waals surface area contributed by atoms with E-state index in [0.717, 1.165) is 17.2 Å². The number of allylic oxidation sites excluding steroid dienone is 5. The summed E-state index contributed by atoms with van der Waals surface area (Å²) in [7, 11) is 2.02. The maximum atomic E-state index is 4.71. The lowest BCUT2D eigenvalue weighted by atomic mass is 9.93. The number of nitrogens with one attached hydrogen (secondary N) is 1. The Bertz CT molecular complexity index is 935. The molecule has 1 aliphatic carbocycles. The molecular formula is C23H28N4. The highest BCUT2D eigenvalue weighted by Crippen LogP contribution is 2.26. The largest absolute Gasteiger partial charge is 0.329 e. The third-order valence-electron chi connectivity index (χ3n) is 4.94. The van der Waals surface area contributed by atoms with Crippen molar-refractivity contribution in [3.05, 3.63) is 77.2 Å². The van der Waals surface area contributed by atoms with Crippen LogP contribution in [-0.2, 0) is 0 Å². The van der Waals surface area contributed by atoms with Crippen molar-refractivity contribution in [2.24, 2.45) is 5.41 Å². The van der Waals surface area contributed by atoms with Crippen LogP contribution in [0.3, 0.4) is 0 Å². The molecule has 0 unspecified atom stereocenters. The summed E-state index contributed by atoms with van der Waals surface area (Å²) in [5, 5.41) is 3.36. The van der Waals surface area contributed by atoms with Crippen molar-refractivity contribution < 1.29 is 0 Å². The molecule has 0 atom stereocenters. The molecule has 140 valence electrons. The first-order valence-corrected chi connectivity index (χ1v) is 9.25. The lowest BCUT2D eigenvalue weighted by Gasteiger charge is -2.20. The van der Waals surface area contributed by atoms with Crippen molar-refractivity contribution in [1.82, 2.24) is 9.97 Å². The Labute approximate surface area is 162 Å². The number of hydrogen-bond acceptors (Lipinski definition) is 4. The summed E-state index contributed by atoms with van der Waals surface area (Å²) in [6.45, 7) is 10.7. The average molecular weight is 361 g/mol. The quantitative estimate of drug-likeness (QED) is 0.768. The zero-order chi connectivity index (χ0) is 19.6. The Morgan fingerprint density at radius 1 is 1.00 bits per heavy atom. The maximum Gasteiger partial charge on any atom is 0.229 e. The number of aromatic nitrogens is 2. The second-order valence-electron chi connectivity index (χ2n) is 7.78. The summed E-state index contributed by atoms with van der Waals surface area (Å²) in [5.41, 5.74) is 5.90. The fraction of sp³-hybridized carbons (Fsp3) is 0.304. The summed E-state index contributed by atoms with van der Waals surface area (Å²) in [5.74, 6) is 1.44. The minimum absolute atomic E-state index is 0.0539. The van der Waals surface area contributed by atoms with Gasteiger partial charge in [-0.3, -0.25) is 0 Å². The van der Waals surface area contributed by atoms with Crippen LogP contribution in [0.2, 0.25) is 0 Å². The Morgan fingerprint density at radius 3 is 2.52 bits per heavy atom. The van der Waals surface area contributed by atoms with E-state index in [0.29, 0.717) is 5.95 Å². The van der Waals surface area contributed by atoms with Crippen molar-refractivity contribution in [3.8, 4) is 0 Å². The monoisotopic (exact) mass is 360 g/mol. The molecule has 1 N–H and O–H groups in total. The molecule has 4 nitrogen and oxygen atoms in total. The minimum Gasteiger partial charge on any atom is -0.329 e. The van der Waals surface area contributed by atoms with Crippen molar-refractivity contribution in [2.45, 2.75) is 34.6 Å². The molecule has 0 radical (unpaired) electrons. The molecule has 4 heteroatoms. The van der Waals surface area contributed by atoms with Crippen LogP contribution in [0.1, 0.15) is 30.5 Å². The number of aryl methyl sites for hydroxylation is 3. The molecule has 1 aromatic heterocycles. The first kappa shape index (κ1) is 18.9. The molecule has 0 amide bonds. The second kappa shape index (κ2) is 7.39. The molecule has 0 bridgehead atoms. The third kappa shape index (κ3) is 4.45. The summed E-state index contributed by atoms with van der Waals surface area (Å²) in [6, 6.07) is 6.25. The number of benzene rings is 1. The number of likely N-dealkylation sites (N-methyl/N-ethyl adjacent to an activating group) is 1. The molecular weight excluding hydrogens is 332 g/mol. The van der Waals surface area contributed by atoms with Gasteiger partial charge < -0.3 is 10.2 Å². The van der Waals surface area contributed by atoms with E-state index in [1.165, 1.54) is 16.7 Å². The van der Waals surface area contributed by atoms with Gasteiger partial charge in [-0.15, -0.1) is 0 Å². The van der Waals surface area contributed by atoms with Gasteiger partial charge in [-0.2, -0.15) is 4.98 Å². The molecule has 27 heavy (non-hydrogen) atoms. The smallest absolute Gasteiger partial charge is 0.229 e. The van der Waals surface area contributed by atoms with Gasteiger partial charge in [-0.1, -0.05) is 38.1 Å². The first-order valence-electron chi connectivity index (χ1n) is 9.25. The number of anilines is 3. The predicted octanol–water partition coefficient (Wildman–Crippen LogP) is 5.62. The fourth-order valence-corrected chi connectivity index (χ4v) is 2.97. The molecule has 1 aromatic carbocycles. The zero-order valence-electron chi connectivity index (χ0n) is 17.0. The minimum atomic E-state index is 0.0539. The van der Waals surface area contributed by atoms with E-state index in [-0.39, 0.29) is 5.41 Å². The van der Waals surface area contributed by atoms with Gasteiger partial charge in [0.25, 0.3) is 0 Å². The van der Waals surface area contributed by atoms with E-state index in [2.05, 4.69) is 92.3 Å². The standard InChI is InChI=1S/C23H28N4/c1-16-14-18(3)20(15-17(16)2)25-22-24-13-10-21(26-22)27(6)19-8-7-11-23(4,5)12-9-19/h7-15H,1-6H3,(H,24,25,26). The highest BCUT2D eigenvalue weighted by molar-refractivity contribution is 5.62. The van der Waals surface area contributed by atoms with Crippen LogP contribution in [0.15, 0.2) is 60.5 Å². The Hall–Kier alpha value is -2.88. The molecule has 0 fully saturated rings. The first-order chi connectivity index (χ1) is 12.7. The third-order valence-corrected chi connectivity index (χ3v) is 4.94. The SMILES string of the molecule is Cc1cc(C)c(Nc2nccc(N(C)C3=CC=CC(C)(C)C=C3)n2)cc1C. The van der Waals surface area contributed by atoms with Gasteiger partial charge in [-0.25, -0.2) is 4.98 Å². The topological polar surface area (TPSA) is 41.1 Å². The lowest BCUT2D eigenvalue weighted by molar-refractivity contribution is 0.626. The van der Waals surface area contributed by atoms with Crippen LogP contribution in [0.4, 0.5) is 17.5 Å². The van der Waals surface area contributed by atoms with E-state index in [1.54, 1.807) is 6.20 Å². The summed E-state index contributed by atoms with van der Waals surface area (Å²) in [6.07, 6.45) is 12.5. The van der Waals surface area contributed by atoms with E-state index in [1.807, 2.05) is 13.1 Å². The van der Waals surface area contributed by atoms with Gasteiger partial charge in [0.1, 0.15) is 5.82 Å². The molecule has 1 heterocycles. The lowest BCUT2D eigenvalue weighted by Crippen LogP contribution is -2.17. The van der Waals surface area contributed by atoms with Gasteiger partial charge in [-0.05, 0) is 61.7 Å². The summed E-state index contributed by atoms with van der Waals surface area (Å²) < 4.78 is 0. The van der Waals surface area contributed by atoms with Crippen molar-refractivity contribution >= 4 is 17.5 Å². The zero-order valence-corrected chi connectivity index (χ0v) is 17.0. The van der Waals surface area contributed by atoms with E-state index < -0.39 is 0 Å². The molecule has 2 aromatic rings. The number of hydrogen-bond donors (Lipinski definition) is 1. The van der Waals surface area contributed by atoms with Crippen molar-refractivity contribution in [1.29, 1.82) is 0 Å². The Balaban J connectivity index is 1.85. The molecule has 0 saturated heterocycles. The van der Waals surface area contributed by atoms with E-state index in [4.69, 9.17) is 4.98 Å². The van der Waals surface area contributed by atoms with Gasteiger partial charge in [0.2, 0.25) is 5.95 Å². The van der Waals surface area contributed by atoms with Crippen molar-refractivity contribution in [3.63, 3.8) is 0 Å². The highest BCUT2D eigenvalue weighted by atomic mass is 15.2. The highest BCUT2D eigenvalue weighted by Gasteiger charge is 2.14. The van der Waals surface area contributed by atoms with Crippen LogP contribution >= 0.6 is 0 Å². The Morgan fingerprint density at radius 2 is 1.74 bits per heavy atom. The van der Waals surface area contributed by atoms with Gasteiger partial charge in [0.05, 0.1) is 0 Å². The van der Waals surface area contributed by atoms with Crippen LogP contribution < -0.4 is 10.2 Å². The normalized spacial score (nSPS) is 15.3. The molecule has 3 rings (SSSR count). The summed E-state index contributed by atoms with van der Waals surface area (Å²) >= 11 is 0. The fourth-order valence-electron chi connectivity index (χ4n) is 2.97. The number of rotatable bonds is 4. The second-order valence-corrected chi connectivity index (χ2v) is 7.78. The predicted molar refractivity (Wildman–Crippen MR) is 115 cm³/mol. The van der Waals surface area contributed by atoms with E-state index in [9.17, 15) is 0 Å². The van der Waals surface area contributed by atoms with Crippen LogP contribution in [-0.4, -0.2) is 17.0 Å². The molecule has 0 aliphatic heterocycles.